The summed E-state index contributed by atoms with van der Waals surface area (Å²) in [6.07, 6.45) is 0. The number of hydrogen-bond donors (Lipinski definition) is 0. The molecule has 0 aliphatic heterocycles. The molecule has 0 radical (unpaired) electrons. The van der Waals surface area contributed by atoms with E-state index in [1.54, 1.807) is 42.3 Å². The molecule has 1 heterocycles. The number of para-hydroxylation sites is 1. The minimum Gasteiger partial charge on any atom is -0.494 e. The number of benzene rings is 2. The summed E-state index contributed by atoms with van der Waals surface area (Å²) in [5.41, 5.74) is 1.03. The average molecular weight is 450 g/mol. The molecule has 160 valence electrons. The molecule has 0 saturated heterocycles. The van der Waals surface area contributed by atoms with Gasteiger partial charge in [0.1, 0.15) is 11.3 Å². The van der Waals surface area contributed by atoms with E-state index in [0.29, 0.717) is 51.6 Å². The van der Waals surface area contributed by atoms with Gasteiger partial charge in [0, 0.05) is 13.1 Å². The fourth-order valence-electron chi connectivity index (χ4n) is 3.01. The summed E-state index contributed by atoms with van der Waals surface area (Å²) in [5.74, 6) is 1.25. The monoisotopic (exact) mass is 449 g/mol. The van der Waals surface area contributed by atoms with E-state index in [1.807, 2.05) is 19.0 Å². The number of hydrogen-bond acceptors (Lipinski definition) is 7. The van der Waals surface area contributed by atoms with Crippen molar-refractivity contribution in [2.24, 2.45) is 0 Å². The van der Waals surface area contributed by atoms with Crippen LogP contribution in [-0.4, -0.2) is 64.3 Å². The summed E-state index contributed by atoms with van der Waals surface area (Å²) in [4.78, 5) is 21.9. The maximum Gasteiger partial charge on any atom is 0.264 e. The Kier molecular flexibility index (Phi) is 7.02. The van der Waals surface area contributed by atoms with Crippen LogP contribution in [0, 0.1) is 0 Å². The van der Waals surface area contributed by atoms with Gasteiger partial charge in [-0.25, -0.2) is 4.98 Å². The van der Waals surface area contributed by atoms with Crippen LogP contribution < -0.4 is 19.1 Å². The van der Waals surface area contributed by atoms with Gasteiger partial charge in [-0.15, -0.1) is 0 Å². The van der Waals surface area contributed by atoms with E-state index < -0.39 is 0 Å². The number of ether oxygens (including phenoxy) is 3. The van der Waals surface area contributed by atoms with Crippen LogP contribution in [0.25, 0.3) is 10.2 Å². The van der Waals surface area contributed by atoms with Crippen LogP contribution in [0.15, 0.2) is 30.3 Å². The Morgan fingerprint density at radius 1 is 1.03 bits per heavy atom. The van der Waals surface area contributed by atoms with Gasteiger partial charge in [0.2, 0.25) is 0 Å². The predicted molar refractivity (Wildman–Crippen MR) is 121 cm³/mol. The Labute approximate surface area is 184 Å². The molecule has 3 aromatic rings. The van der Waals surface area contributed by atoms with Crippen molar-refractivity contribution in [3.05, 3.63) is 40.9 Å². The van der Waals surface area contributed by atoms with Crippen LogP contribution in [-0.2, 0) is 0 Å². The van der Waals surface area contributed by atoms with Crippen LogP contribution >= 0.6 is 22.9 Å². The Bertz CT molecular complexity index is 1050. The average Bonchev–Trinajstić information content (AvgIpc) is 3.19. The second-order valence-corrected chi connectivity index (χ2v) is 8.11. The molecule has 0 N–H and O–H groups in total. The van der Waals surface area contributed by atoms with Crippen molar-refractivity contribution in [3.8, 4) is 17.2 Å². The van der Waals surface area contributed by atoms with Crippen molar-refractivity contribution >= 4 is 44.2 Å². The molecule has 0 aliphatic rings. The Morgan fingerprint density at radius 3 is 2.40 bits per heavy atom. The summed E-state index contributed by atoms with van der Waals surface area (Å²) >= 11 is 7.73. The van der Waals surface area contributed by atoms with Crippen molar-refractivity contribution in [1.29, 1.82) is 0 Å². The number of amides is 1. The number of likely N-dealkylation sites (N-methyl/N-ethyl adjacent to an activating group) is 1. The standard InChI is InChI=1S/C21H24ClN3O4S/c1-24(2)11-12-25(20(26)13-7-6-8-16(28-4)18(13)29-5)21-23-17-15(27-3)10-9-14(22)19(17)30-21/h6-10H,11-12H2,1-5H3. The van der Waals surface area contributed by atoms with E-state index in [1.165, 1.54) is 25.6 Å². The molecule has 0 unspecified atom stereocenters. The lowest BCUT2D eigenvalue weighted by atomic mass is 10.1. The van der Waals surface area contributed by atoms with Gasteiger partial charge in [-0.2, -0.15) is 0 Å². The molecule has 0 spiro atoms. The Hall–Kier alpha value is -2.55. The van der Waals surface area contributed by atoms with Gasteiger partial charge in [-0.1, -0.05) is 29.0 Å². The van der Waals surface area contributed by atoms with Crippen molar-refractivity contribution < 1.29 is 19.0 Å². The minimum atomic E-state index is -0.234. The summed E-state index contributed by atoms with van der Waals surface area (Å²) < 4.78 is 17.0. The Morgan fingerprint density at radius 2 is 1.77 bits per heavy atom. The second-order valence-electron chi connectivity index (χ2n) is 6.72. The highest BCUT2D eigenvalue weighted by Gasteiger charge is 2.26. The first-order chi connectivity index (χ1) is 14.4. The fourth-order valence-corrected chi connectivity index (χ4v) is 4.29. The molecule has 30 heavy (non-hydrogen) atoms. The molecule has 2 aromatic carbocycles. The number of carbonyl (C=O) groups excluding carboxylic acids is 1. The number of methoxy groups -OCH3 is 3. The normalized spacial score (nSPS) is 11.0. The van der Waals surface area contributed by atoms with E-state index in [-0.39, 0.29) is 5.91 Å². The molecule has 0 saturated carbocycles. The van der Waals surface area contributed by atoms with E-state index in [9.17, 15) is 4.79 Å². The van der Waals surface area contributed by atoms with Gasteiger partial charge in [0.25, 0.3) is 5.91 Å². The maximum atomic E-state index is 13.6. The fraction of sp³-hybridized carbons (Fsp3) is 0.333. The number of halogens is 1. The lowest BCUT2D eigenvalue weighted by Crippen LogP contribution is -2.37. The number of aromatic nitrogens is 1. The molecular formula is C21H24ClN3O4S. The minimum absolute atomic E-state index is 0.234. The van der Waals surface area contributed by atoms with Gasteiger partial charge in [0.05, 0.1) is 36.6 Å². The zero-order chi connectivity index (χ0) is 21.8. The number of fused-ring (bicyclic) bond motifs is 1. The largest absolute Gasteiger partial charge is 0.494 e. The molecule has 0 aliphatic carbocycles. The van der Waals surface area contributed by atoms with E-state index in [0.717, 1.165) is 4.70 Å². The van der Waals surface area contributed by atoms with Gasteiger partial charge in [0.15, 0.2) is 16.6 Å². The lowest BCUT2D eigenvalue weighted by molar-refractivity contribution is 0.0981. The third kappa shape index (κ3) is 4.30. The van der Waals surface area contributed by atoms with E-state index >= 15 is 0 Å². The third-order valence-electron chi connectivity index (χ3n) is 4.55. The summed E-state index contributed by atoms with van der Waals surface area (Å²) in [7, 11) is 8.54. The summed E-state index contributed by atoms with van der Waals surface area (Å²) in [6, 6.07) is 8.76. The Balaban J connectivity index is 2.11. The molecule has 0 atom stereocenters. The first kappa shape index (κ1) is 22.1. The SMILES string of the molecule is COc1cccc(C(=O)N(CCN(C)C)c2nc3c(OC)ccc(Cl)c3s2)c1OC. The topological polar surface area (TPSA) is 64.1 Å². The molecule has 7 nitrogen and oxygen atoms in total. The first-order valence-corrected chi connectivity index (χ1v) is 10.4. The van der Waals surface area contributed by atoms with Gasteiger partial charge >= 0.3 is 0 Å². The van der Waals surface area contributed by atoms with Crippen LogP contribution in [0.1, 0.15) is 10.4 Å². The molecule has 9 heteroatoms. The van der Waals surface area contributed by atoms with Gasteiger partial charge in [-0.05, 0) is 38.4 Å². The molecule has 3 rings (SSSR count). The highest BCUT2D eigenvalue weighted by Crippen LogP contribution is 2.40. The van der Waals surface area contributed by atoms with Crippen molar-refractivity contribution in [2.45, 2.75) is 0 Å². The molecular weight excluding hydrogens is 426 g/mol. The second kappa shape index (κ2) is 9.51. The number of anilines is 1. The van der Waals surface area contributed by atoms with Crippen LogP contribution in [0.4, 0.5) is 5.13 Å². The lowest BCUT2D eigenvalue weighted by Gasteiger charge is -2.23. The van der Waals surface area contributed by atoms with E-state index in [4.69, 9.17) is 30.8 Å². The van der Waals surface area contributed by atoms with E-state index in [2.05, 4.69) is 0 Å². The zero-order valence-corrected chi connectivity index (χ0v) is 19.1. The van der Waals surface area contributed by atoms with Crippen LogP contribution in [0.5, 0.6) is 17.2 Å². The van der Waals surface area contributed by atoms with Crippen molar-refractivity contribution in [3.63, 3.8) is 0 Å². The first-order valence-electron chi connectivity index (χ1n) is 9.21. The highest BCUT2D eigenvalue weighted by molar-refractivity contribution is 7.23. The molecule has 1 aromatic heterocycles. The number of carbonyl (C=O) groups is 1. The quantitative estimate of drug-likeness (QED) is 0.514. The third-order valence-corrected chi connectivity index (χ3v) is 6.09. The van der Waals surface area contributed by atoms with Crippen LogP contribution in [0.3, 0.4) is 0 Å². The zero-order valence-electron chi connectivity index (χ0n) is 17.6. The molecule has 1 amide bonds. The van der Waals surface area contributed by atoms with Gasteiger partial charge in [-0.3, -0.25) is 9.69 Å². The number of thiazole rings is 1. The highest BCUT2D eigenvalue weighted by atomic mass is 35.5. The number of rotatable bonds is 8. The number of nitrogens with zero attached hydrogens (tertiary/aromatic N) is 3. The molecule has 0 bridgehead atoms. The predicted octanol–water partition coefficient (Wildman–Crippen LogP) is 4.18. The smallest absolute Gasteiger partial charge is 0.264 e. The van der Waals surface area contributed by atoms with Gasteiger partial charge < -0.3 is 19.1 Å². The summed E-state index contributed by atoms with van der Waals surface area (Å²) in [6.45, 7) is 1.09. The van der Waals surface area contributed by atoms with Crippen molar-refractivity contribution in [1.82, 2.24) is 9.88 Å². The maximum absolute atomic E-state index is 13.6. The molecule has 0 fully saturated rings. The van der Waals surface area contributed by atoms with Crippen molar-refractivity contribution in [2.75, 3.05) is 53.4 Å². The summed E-state index contributed by atoms with van der Waals surface area (Å²) in [5, 5.41) is 1.10. The van der Waals surface area contributed by atoms with Crippen LogP contribution in [0.2, 0.25) is 5.02 Å².